The van der Waals surface area contributed by atoms with Crippen LogP contribution in [0.5, 0.6) is 0 Å². The maximum Gasteiger partial charge on any atom is 0.0346 e. The van der Waals surface area contributed by atoms with Gasteiger partial charge in [-0.2, -0.15) is 11.8 Å². The van der Waals surface area contributed by atoms with E-state index in [1.807, 2.05) is 23.9 Å². The van der Waals surface area contributed by atoms with Crippen molar-refractivity contribution in [3.63, 3.8) is 0 Å². The molecule has 2 rings (SSSR count). The monoisotopic (exact) mass is 257 g/mol. The number of nitrogens with two attached hydrogens (primary N) is 1. The third kappa shape index (κ3) is 3.54. The Morgan fingerprint density at radius 2 is 1.61 bits per heavy atom. The molecule has 0 radical (unpaired) electrons. The van der Waals surface area contributed by atoms with Crippen LogP contribution in [0.3, 0.4) is 0 Å². The van der Waals surface area contributed by atoms with Gasteiger partial charge in [0.1, 0.15) is 0 Å². The van der Waals surface area contributed by atoms with Crippen molar-refractivity contribution in [2.75, 3.05) is 11.5 Å². The van der Waals surface area contributed by atoms with Crippen molar-refractivity contribution in [2.24, 2.45) is 0 Å². The average Bonchev–Trinajstić information content (AvgIpc) is 2.38. The van der Waals surface area contributed by atoms with Crippen LogP contribution < -0.4 is 5.73 Å². The summed E-state index contributed by atoms with van der Waals surface area (Å²) < 4.78 is 0. The minimum atomic E-state index is 0.911. The van der Waals surface area contributed by atoms with Crippen LogP contribution >= 0.6 is 11.8 Å². The van der Waals surface area contributed by atoms with E-state index in [0.717, 1.165) is 23.6 Å². The summed E-state index contributed by atoms with van der Waals surface area (Å²) in [6, 6.07) is 16.7. The first-order valence-corrected chi connectivity index (χ1v) is 7.38. The Labute approximate surface area is 113 Å². The normalized spacial score (nSPS) is 10.5. The van der Waals surface area contributed by atoms with Crippen molar-refractivity contribution < 1.29 is 0 Å². The molecule has 0 fully saturated rings. The molecule has 18 heavy (non-hydrogen) atoms. The Morgan fingerprint density at radius 3 is 2.33 bits per heavy atom. The van der Waals surface area contributed by atoms with E-state index >= 15 is 0 Å². The van der Waals surface area contributed by atoms with Crippen LogP contribution in [0.1, 0.15) is 16.7 Å². The van der Waals surface area contributed by atoms with Gasteiger partial charge in [-0.1, -0.05) is 42.5 Å². The smallest absolute Gasteiger partial charge is 0.0346 e. The van der Waals surface area contributed by atoms with Crippen molar-refractivity contribution in [3.05, 3.63) is 65.2 Å². The van der Waals surface area contributed by atoms with Crippen LogP contribution in [0.4, 0.5) is 5.69 Å². The van der Waals surface area contributed by atoms with Crippen LogP contribution in [-0.4, -0.2) is 5.75 Å². The summed E-state index contributed by atoms with van der Waals surface area (Å²) in [6.07, 6.45) is 1.04. The molecule has 0 saturated carbocycles. The zero-order valence-corrected chi connectivity index (χ0v) is 11.5. The Kier molecular flexibility index (Phi) is 4.71. The first-order chi connectivity index (χ1) is 8.77. The van der Waals surface area contributed by atoms with Gasteiger partial charge in [-0.15, -0.1) is 0 Å². The molecule has 0 bridgehead atoms. The fraction of sp³-hybridized carbons (Fsp3) is 0.250. The summed E-state index contributed by atoms with van der Waals surface area (Å²) in [4.78, 5) is 0. The number of nitrogen functional groups attached to an aromatic ring is 1. The molecule has 2 N–H and O–H groups in total. The lowest BCUT2D eigenvalue weighted by atomic mass is 10.1. The van der Waals surface area contributed by atoms with E-state index in [1.54, 1.807) is 0 Å². The fourth-order valence-electron chi connectivity index (χ4n) is 1.90. The van der Waals surface area contributed by atoms with Crippen molar-refractivity contribution in [2.45, 2.75) is 19.1 Å². The Balaban J connectivity index is 1.80. The third-order valence-electron chi connectivity index (χ3n) is 3.09. The largest absolute Gasteiger partial charge is 0.399 e. The molecule has 0 amide bonds. The predicted octanol–water partition coefficient (Wildman–Crippen LogP) is 4.05. The molecule has 0 atom stereocenters. The fourth-order valence-corrected chi connectivity index (χ4v) is 2.95. The van der Waals surface area contributed by atoms with Crippen LogP contribution in [0.2, 0.25) is 0 Å². The van der Waals surface area contributed by atoms with Crippen molar-refractivity contribution >= 4 is 17.4 Å². The van der Waals surface area contributed by atoms with Gasteiger partial charge in [0.05, 0.1) is 0 Å². The highest BCUT2D eigenvalue weighted by Gasteiger charge is 2.00. The molecule has 0 saturated heterocycles. The highest BCUT2D eigenvalue weighted by molar-refractivity contribution is 7.98. The van der Waals surface area contributed by atoms with Crippen LogP contribution in [0.15, 0.2) is 48.5 Å². The first kappa shape index (κ1) is 13.0. The molecule has 0 aromatic heterocycles. The Morgan fingerprint density at radius 1 is 0.944 bits per heavy atom. The molecular formula is C16H19NS. The SMILES string of the molecule is Cc1ccccc1CSCCc1ccccc1N. The van der Waals surface area contributed by atoms with Gasteiger partial charge in [0, 0.05) is 11.4 Å². The summed E-state index contributed by atoms with van der Waals surface area (Å²) in [6.45, 7) is 2.17. The highest BCUT2D eigenvalue weighted by atomic mass is 32.2. The lowest BCUT2D eigenvalue weighted by Gasteiger charge is -2.07. The minimum absolute atomic E-state index is 0.911. The number of hydrogen-bond acceptors (Lipinski definition) is 2. The van der Waals surface area contributed by atoms with Gasteiger partial charge < -0.3 is 5.73 Å². The van der Waals surface area contributed by atoms with Gasteiger partial charge in [0.15, 0.2) is 0 Å². The number of rotatable bonds is 5. The van der Waals surface area contributed by atoms with E-state index in [2.05, 4.69) is 43.3 Å². The molecule has 0 unspecified atom stereocenters. The van der Waals surface area contributed by atoms with Crippen molar-refractivity contribution in [1.82, 2.24) is 0 Å². The molecule has 2 aromatic carbocycles. The van der Waals surface area contributed by atoms with Crippen molar-refractivity contribution in [3.8, 4) is 0 Å². The van der Waals surface area contributed by atoms with Gasteiger partial charge in [0.25, 0.3) is 0 Å². The number of thioether (sulfide) groups is 1. The van der Waals surface area contributed by atoms with Crippen LogP contribution in [0.25, 0.3) is 0 Å². The van der Waals surface area contributed by atoms with Gasteiger partial charge >= 0.3 is 0 Å². The average molecular weight is 257 g/mol. The van der Waals surface area contributed by atoms with Crippen LogP contribution in [-0.2, 0) is 12.2 Å². The minimum Gasteiger partial charge on any atom is -0.399 e. The van der Waals surface area contributed by atoms with Gasteiger partial charge in [0.2, 0.25) is 0 Å². The summed E-state index contributed by atoms with van der Waals surface area (Å²) in [5, 5.41) is 0. The molecule has 0 aliphatic heterocycles. The van der Waals surface area contributed by atoms with Crippen LogP contribution in [0, 0.1) is 6.92 Å². The molecule has 2 heteroatoms. The van der Waals surface area contributed by atoms with E-state index in [-0.39, 0.29) is 0 Å². The zero-order chi connectivity index (χ0) is 12.8. The summed E-state index contributed by atoms with van der Waals surface area (Å²) in [7, 11) is 0. The van der Waals surface area contributed by atoms with E-state index in [1.165, 1.54) is 16.7 Å². The lowest BCUT2D eigenvalue weighted by Crippen LogP contribution is -1.96. The van der Waals surface area contributed by atoms with E-state index < -0.39 is 0 Å². The maximum absolute atomic E-state index is 5.93. The van der Waals surface area contributed by atoms with Gasteiger partial charge in [-0.3, -0.25) is 0 Å². The molecule has 1 nitrogen and oxygen atoms in total. The molecule has 0 heterocycles. The quantitative estimate of drug-likeness (QED) is 0.646. The number of benzene rings is 2. The third-order valence-corrected chi connectivity index (χ3v) is 4.10. The molecular weight excluding hydrogens is 238 g/mol. The number of para-hydroxylation sites is 1. The highest BCUT2D eigenvalue weighted by Crippen LogP contribution is 2.18. The second-order valence-corrected chi connectivity index (χ2v) is 5.53. The molecule has 0 aliphatic rings. The standard InChI is InChI=1S/C16H19NS/c1-13-6-2-3-8-15(13)12-18-11-10-14-7-4-5-9-16(14)17/h2-9H,10-12,17H2,1H3. The second kappa shape index (κ2) is 6.50. The molecule has 2 aromatic rings. The summed E-state index contributed by atoms with van der Waals surface area (Å²) in [5.74, 6) is 2.20. The topological polar surface area (TPSA) is 26.0 Å². The predicted molar refractivity (Wildman–Crippen MR) is 81.9 cm³/mol. The van der Waals surface area contributed by atoms with E-state index in [9.17, 15) is 0 Å². The molecule has 0 spiro atoms. The molecule has 94 valence electrons. The summed E-state index contributed by atoms with van der Waals surface area (Å²) in [5.41, 5.74) is 10.9. The van der Waals surface area contributed by atoms with E-state index in [4.69, 9.17) is 5.73 Å². The Hall–Kier alpha value is -1.41. The van der Waals surface area contributed by atoms with Gasteiger partial charge in [-0.05, 0) is 41.9 Å². The molecule has 0 aliphatic carbocycles. The Bertz CT molecular complexity index is 460. The van der Waals surface area contributed by atoms with E-state index in [0.29, 0.717) is 0 Å². The maximum atomic E-state index is 5.93. The second-order valence-electron chi connectivity index (χ2n) is 4.43. The number of anilines is 1. The summed E-state index contributed by atoms with van der Waals surface area (Å²) >= 11 is 1.97. The van der Waals surface area contributed by atoms with Crippen molar-refractivity contribution in [1.29, 1.82) is 0 Å². The number of hydrogen-bond donors (Lipinski definition) is 1. The zero-order valence-electron chi connectivity index (χ0n) is 10.7. The lowest BCUT2D eigenvalue weighted by molar-refractivity contribution is 1.16. The first-order valence-electron chi connectivity index (χ1n) is 6.23. The number of aryl methyl sites for hydroxylation is 2. The van der Waals surface area contributed by atoms with Gasteiger partial charge in [-0.25, -0.2) is 0 Å².